The predicted molar refractivity (Wildman–Crippen MR) is 115 cm³/mol. The van der Waals surface area contributed by atoms with Gasteiger partial charge in [-0.25, -0.2) is 4.68 Å². The molecular weight excluding hydrogens is 382 g/mol. The summed E-state index contributed by atoms with van der Waals surface area (Å²) < 4.78 is 6.45. The Bertz CT molecular complexity index is 1160. The monoisotopic (exact) mass is 409 g/mol. The number of rotatable bonds is 4. The average molecular weight is 409 g/mol. The highest BCUT2D eigenvalue weighted by Crippen LogP contribution is 2.24. The van der Waals surface area contributed by atoms with Crippen LogP contribution in [0.5, 0.6) is 0 Å². The lowest BCUT2D eigenvalue weighted by molar-refractivity contribution is -0.131. The number of fused-ring (bicyclic) bond motifs is 1. The van der Waals surface area contributed by atoms with Gasteiger partial charge in [0.05, 0.1) is 17.6 Å². The van der Waals surface area contributed by atoms with Crippen LogP contribution in [0.2, 0.25) is 0 Å². The van der Waals surface area contributed by atoms with E-state index < -0.39 is 0 Å². The van der Waals surface area contributed by atoms with Crippen molar-refractivity contribution in [3.8, 4) is 0 Å². The van der Waals surface area contributed by atoms with E-state index in [0.29, 0.717) is 29.9 Å². The lowest BCUT2D eigenvalue weighted by Crippen LogP contribution is -2.49. The van der Waals surface area contributed by atoms with Crippen molar-refractivity contribution in [1.82, 2.24) is 19.8 Å². The van der Waals surface area contributed by atoms with Gasteiger partial charge in [0.1, 0.15) is 5.76 Å². The van der Waals surface area contributed by atoms with E-state index in [9.17, 15) is 9.59 Å². The maximum Gasteiger partial charge on any atom is 0.296 e. The molecule has 0 saturated carbocycles. The van der Waals surface area contributed by atoms with Crippen LogP contribution < -0.4 is 10.5 Å². The molecule has 1 aromatic carbocycles. The molecule has 1 saturated heterocycles. The molecule has 3 aromatic rings. The van der Waals surface area contributed by atoms with Gasteiger partial charge in [0.25, 0.3) is 5.56 Å². The average Bonchev–Trinajstić information content (AvgIpc) is 3.14. The molecule has 1 amide bonds. The number of amides is 1. The maximum absolute atomic E-state index is 12.7. The summed E-state index contributed by atoms with van der Waals surface area (Å²) >= 11 is 0. The van der Waals surface area contributed by atoms with Crippen molar-refractivity contribution in [3.05, 3.63) is 51.1 Å². The number of nitrogens with zero attached hydrogens (tertiary/aromatic N) is 5. The Balaban J connectivity index is 1.39. The highest BCUT2D eigenvalue weighted by molar-refractivity contribution is 5.81. The van der Waals surface area contributed by atoms with E-state index in [1.807, 2.05) is 11.8 Å². The Labute approximate surface area is 175 Å². The van der Waals surface area contributed by atoms with Crippen molar-refractivity contribution in [2.75, 3.05) is 31.1 Å². The van der Waals surface area contributed by atoms with Gasteiger partial charge in [0, 0.05) is 38.3 Å². The van der Waals surface area contributed by atoms with Crippen LogP contribution in [-0.4, -0.2) is 51.9 Å². The quantitative estimate of drug-likeness (QED) is 0.658. The number of carbonyl (C=O) groups excluding carboxylic acids is 1. The van der Waals surface area contributed by atoms with Crippen LogP contribution in [0.15, 0.2) is 27.5 Å². The van der Waals surface area contributed by atoms with E-state index in [1.54, 1.807) is 6.92 Å². The molecule has 0 unspecified atom stereocenters. The van der Waals surface area contributed by atoms with Gasteiger partial charge in [-0.3, -0.25) is 9.59 Å². The SMILES string of the molecule is Cc1cccc(N2CCN(C(=O)CCn3nc(C)c4c(C)onc4c3=O)CC2)c1C. The molecule has 1 aliphatic rings. The van der Waals surface area contributed by atoms with Crippen molar-refractivity contribution in [2.45, 2.75) is 40.7 Å². The first-order chi connectivity index (χ1) is 14.4. The molecule has 158 valence electrons. The summed E-state index contributed by atoms with van der Waals surface area (Å²) in [6, 6.07) is 6.34. The topological polar surface area (TPSA) is 84.5 Å². The summed E-state index contributed by atoms with van der Waals surface area (Å²) in [5.74, 6) is 0.621. The molecule has 4 rings (SSSR count). The number of carbonyl (C=O) groups is 1. The fraction of sp³-hybridized carbons (Fsp3) is 0.455. The summed E-state index contributed by atoms with van der Waals surface area (Å²) in [4.78, 5) is 29.5. The highest BCUT2D eigenvalue weighted by Gasteiger charge is 2.23. The largest absolute Gasteiger partial charge is 0.368 e. The minimum atomic E-state index is -0.319. The van der Waals surface area contributed by atoms with E-state index >= 15 is 0 Å². The molecule has 8 heteroatoms. The number of hydrogen-bond donors (Lipinski definition) is 0. The predicted octanol–water partition coefficient (Wildman–Crippen LogP) is 2.36. The number of piperazine rings is 1. The van der Waals surface area contributed by atoms with Crippen molar-refractivity contribution >= 4 is 22.5 Å². The first-order valence-corrected chi connectivity index (χ1v) is 10.3. The molecule has 0 bridgehead atoms. The number of hydrogen-bond acceptors (Lipinski definition) is 6. The molecule has 0 N–H and O–H groups in total. The van der Waals surface area contributed by atoms with Crippen LogP contribution in [0.1, 0.15) is 29.0 Å². The summed E-state index contributed by atoms with van der Waals surface area (Å²) in [7, 11) is 0. The number of anilines is 1. The molecule has 0 spiro atoms. The smallest absolute Gasteiger partial charge is 0.296 e. The van der Waals surface area contributed by atoms with Crippen molar-refractivity contribution in [1.29, 1.82) is 0 Å². The third-order valence-electron chi connectivity index (χ3n) is 6.02. The third-order valence-corrected chi connectivity index (χ3v) is 6.02. The Hall–Kier alpha value is -3.16. The van der Waals surface area contributed by atoms with Gasteiger partial charge in [0.15, 0.2) is 5.52 Å². The lowest BCUT2D eigenvalue weighted by Gasteiger charge is -2.37. The van der Waals surface area contributed by atoms with E-state index in [1.165, 1.54) is 21.5 Å². The molecule has 8 nitrogen and oxygen atoms in total. The summed E-state index contributed by atoms with van der Waals surface area (Å²) in [5.41, 5.74) is 4.44. The van der Waals surface area contributed by atoms with Crippen molar-refractivity contribution in [2.24, 2.45) is 0 Å². The van der Waals surface area contributed by atoms with Gasteiger partial charge in [-0.2, -0.15) is 5.10 Å². The van der Waals surface area contributed by atoms with Crippen molar-refractivity contribution in [3.63, 3.8) is 0 Å². The summed E-state index contributed by atoms with van der Waals surface area (Å²) in [6.45, 7) is 11.0. The van der Waals surface area contributed by atoms with E-state index in [2.05, 4.69) is 47.2 Å². The highest BCUT2D eigenvalue weighted by atomic mass is 16.5. The molecule has 3 heterocycles. The van der Waals surface area contributed by atoms with Crippen LogP contribution in [-0.2, 0) is 11.3 Å². The molecule has 1 fully saturated rings. The molecule has 2 aromatic heterocycles. The second-order valence-corrected chi connectivity index (χ2v) is 7.91. The number of benzene rings is 1. The third kappa shape index (κ3) is 3.58. The van der Waals surface area contributed by atoms with Crippen LogP contribution in [0.4, 0.5) is 5.69 Å². The van der Waals surface area contributed by atoms with Crippen LogP contribution in [0.3, 0.4) is 0 Å². The fourth-order valence-electron chi connectivity index (χ4n) is 4.13. The maximum atomic E-state index is 12.7. The molecule has 0 aliphatic carbocycles. The van der Waals surface area contributed by atoms with Gasteiger partial charge >= 0.3 is 0 Å². The second kappa shape index (κ2) is 7.93. The fourth-order valence-corrected chi connectivity index (χ4v) is 4.13. The van der Waals surface area contributed by atoms with Gasteiger partial charge in [-0.1, -0.05) is 17.3 Å². The van der Waals surface area contributed by atoms with Gasteiger partial charge in [-0.05, 0) is 44.9 Å². The van der Waals surface area contributed by atoms with Gasteiger partial charge in [-0.15, -0.1) is 0 Å². The number of aromatic nitrogens is 3. The van der Waals surface area contributed by atoms with Crippen LogP contribution >= 0.6 is 0 Å². The minimum absolute atomic E-state index is 0.0402. The van der Waals surface area contributed by atoms with E-state index in [0.717, 1.165) is 13.1 Å². The first-order valence-electron chi connectivity index (χ1n) is 10.3. The lowest BCUT2D eigenvalue weighted by atomic mass is 10.1. The Kier molecular flexibility index (Phi) is 5.32. The second-order valence-electron chi connectivity index (χ2n) is 7.91. The normalized spacial score (nSPS) is 14.5. The van der Waals surface area contributed by atoms with Gasteiger partial charge < -0.3 is 14.3 Å². The zero-order valence-corrected chi connectivity index (χ0v) is 17.9. The molecule has 0 radical (unpaired) electrons. The van der Waals surface area contributed by atoms with E-state index in [-0.39, 0.29) is 29.9 Å². The minimum Gasteiger partial charge on any atom is -0.368 e. The van der Waals surface area contributed by atoms with E-state index in [4.69, 9.17) is 4.52 Å². The van der Waals surface area contributed by atoms with Gasteiger partial charge in [0.2, 0.25) is 5.91 Å². The molecular formula is C22H27N5O3. The van der Waals surface area contributed by atoms with Crippen LogP contribution in [0, 0.1) is 27.7 Å². The Morgan fingerprint density at radius 1 is 1.10 bits per heavy atom. The molecule has 0 atom stereocenters. The summed E-state index contributed by atoms with van der Waals surface area (Å²) in [5, 5.41) is 8.86. The molecule has 1 aliphatic heterocycles. The standard InChI is InChI=1S/C22H27N5O3/c1-14-6-5-7-18(15(14)2)25-10-12-26(13-11-25)19(28)8-9-27-22(29)21-20(16(3)23-27)17(4)30-24-21/h5-7H,8-13H2,1-4H3. The van der Waals surface area contributed by atoms with Crippen molar-refractivity contribution < 1.29 is 9.32 Å². The Morgan fingerprint density at radius 3 is 2.57 bits per heavy atom. The summed E-state index contributed by atoms with van der Waals surface area (Å²) in [6.07, 6.45) is 0.234. The zero-order valence-electron chi connectivity index (χ0n) is 17.9. The Morgan fingerprint density at radius 2 is 1.83 bits per heavy atom. The van der Waals surface area contributed by atoms with Crippen LogP contribution in [0.25, 0.3) is 10.9 Å². The molecule has 30 heavy (non-hydrogen) atoms. The number of aryl methyl sites for hydroxylation is 4. The zero-order chi connectivity index (χ0) is 21.4. The first kappa shape index (κ1) is 20.1.